The molecular weight excluding hydrogens is 302 g/mol. The van der Waals surface area contributed by atoms with Gasteiger partial charge in [-0.1, -0.05) is 29.5 Å². The molecule has 1 amide bonds. The zero-order valence-electron chi connectivity index (χ0n) is 11.1. The highest BCUT2D eigenvalue weighted by Gasteiger charge is 2.15. The highest BCUT2D eigenvalue weighted by molar-refractivity contribution is 7.21. The van der Waals surface area contributed by atoms with Crippen molar-refractivity contribution < 1.29 is 4.79 Å². The van der Waals surface area contributed by atoms with Crippen LogP contribution in [0.5, 0.6) is 0 Å². The molecule has 8 heteroatoms. The van der Waals surface area contributed by atoms with Crippen LogP contribution in [-0.2, 0) is 0 Å². The molecule has 0 fully saturated rings. The van der Waals surface area contributed by atoms with Crippen molar-refractivity contribution in [2.24, 2.45) is 0 Å². The first-order chi connectivity index (χ1) is 10.6. The van der Waals surface area contributed by atoms with E-state index in [4.69, 9.17) is 11.0 Å². The summed E-state index contributed by atoms with van der Waals surface area (Å²) >= 11 is 1.02. The molecule has 0 aliphatic heterocycles. The van der Waals surface area contributed by atoms with Crippen LogP contribution in [0.1, 0.15) is 15.9 Å². The molecule has 0 aliphatic rings. The summed E-state index contributed by atoms with van der Waals surface area (Å²) in [6, 6.07) is 11.7. The van der Waals surface area contributed by atoms with Gasteiger partial charge < -0.3 is 5.73 Å². The zero-order chi connectivity index (χ0) is 15.7. The molecule has 108 valence electrons. The Bertz CT molecular complexity index is 969. The molecule has 0 radical (unpaired) electrons. The number of aromatic nitrogens is 2. The summed E-state index contributed by atoms with van der Waals surface area (Å²) in [5.74, 6) is -0.348. The number of hydrogen-bond acceptors (Lipinski definition) is 6. The van der Waals surface area contributed by atoms with Gasteiger partial charge in [0.05, 0.1) is 5.69 Å². The predicted molar refractivity (Wildman–Crippen MR) is 82.9 cm³/mol. The molecule has 0 bridgehead atoms. The third-order valence-corrected chi connectivity index (χ3v) is 3.88. The van der Waals surface area contributed by atoms with Crippen molar-refractivity contribution in [1.82, 2.24) is 9.61 Å². The summed E-state index contributed by atoms with van der Waals surface area (Å²) < 4.78 is 1.06. The Hall–Kier alpha value is -3.18. The van der Waals surface area contributed by atoms with Crippen molar-refractivity contribution >= 4 is 32.9 Å². The molecule has 3 aromatic rings. The molecule has 0 aliphatic carbocycles. The van der Waals surface area contributed by atoms with E-state index in [2.05, 4.69) is 10.4 Å². The fraction of sp³-hybridized carbons (Fsp3) is 0. The Morgan fingerprint density at radius 1 is 1.36 bits per heavy atom. The third-order valence-electron chi connectivity index (χ3n) is 2.94. The molecule has 0 unspecified atom stereocenters. The van der Waals surface area contributed by atoms with E-state index in [9.17, 15) is 9.59 Å². The molecule has 22 heavy (non-hydrogen) atoms. The Morgan fingerprint density at radius 3 is 2.77 bits per heavy atom. The molecule has 7 nitrogen and oxygen atoms in total. The van der Waals surface area contributed by atoms with E-state index >= 15 is 0 Å². The van der Waals surface area contributed by atoms with Crippen LogP contribution in [0.2, 0.25) is 0 Å². The van der Waals surface area contributed by atoms with Crippen LogP contribution < -0.4 is 16.6 Å². The van der Waals surface area contributed by atoms with Crippen LogP contribution in [0.25, 0.3) is 4.83 Å². The van der Waals surface area contributed by atoms with Crippen LogP contribution in [-0.4, -0.2) is 15.5 Å². The first kappa shape index (κ1) is 13.8. The third kappa shape index (κ3) is 2.30. The maximum absolute atomic E-state index is 12.1. The van der Waals surface area contributed by atoms with Gasteiger partial charge in [-0.2, -0.15) is 9.78 Å². The molecule has 2 aromatic heterocycles. The summed E-state index contributed by atoms with van der Waals surface area (Å²) in [6.45, 7) is 0. The van der Waals surface area contributed by atoms with Crippen LogP contribution in [0.15, 0.2) is 41.2 Å². The molecular formula is C14H9N5O2S. The minimum absolute atomic E-state index is 0.0945. The highest BCUT2D eigenvalue weighted by Crippen LogP contribution is 2.24. The number of nitrogen functional groups attached to an aromatic ring is 1. The van der Waals surface area contributed by atoms with Gasteiger partial charge in [-0.05, 0) is 12.1 Å². The van der Waals surface area contributed by atoms with Crippen molar-refractivity contribution in [3.05, 3.63) is 57.9 Å². The summed E-state index contributed by atoms with van der Waals surface area (Å²) in [7, 11) is 0. The van der Waals surface area contributed by atoms with E-state index in [1.54, 1.807) is 30.3 Å². The van der Waals surface area contributed by atoms with Crippen molar-refractivity contribution in [1.29, 1.82) is 5.26 Å². The Balaban J connectivity index is 2.03. The number of amides is 1. The van der Waals surface area contributed by atoms with Gasteiger partial charge in [0.1, 0.15) is 16.5 Å². The molecule has 0 spiro atoms. The normalized spacial score (nSPS) is 10.3. The largest absolute Gasteiger partial charge is 0.397 e. The van der Waals surface area contributed by atoms with Crippen molar-refractivity contribution in [3.63, 3.8) is 0 Å². The number of nitrogens with zero attached hydrogens (tertiary/aromatic N) is 3. The van der Waals surface area contributed by atoms with Crippen molar-refractivity contribution in [2.45, 2.75) is 0 Å². The first-order valence-corrected chi connectivity index (χ1v) is 7.00. The lowest BCUT2D eigenvalue weighted by atomic mass is 10.2. The fourth-order valence-electron chi connectivity index (χ4n) is 1.91. The van der Waals surface area contributed by atoms with Gasteiger partial charge >= 0.3 is 0 Å². The number of hydrogen-bond donors (Lipinski definition) is 2. The summed E-state index contributed by atoms with van der Waals surface area (Å²) in [5, 5.41) is 16.0. The fourth-order valence-corrected chi connectivity index (χ4v) is 2.84. The van der Waals surface area contributed by atoms with Gasteiger partial charge in [-0.15, -0.1) is 5.10 Å². The SMILES string of the molecule is N#Cc1c(N)cc(=O)n2nc(NC(=O)c3ccccc3)sc12. The molecule has 0 atom stereocenters. The topological polar surface area (TPSA) is 113 Å². The number of fused-ring (bicyclic) bond motifs is 1. The van der Waals surface area contributed by atoms with Crippen LogP contribution in [0.4, 0.5) is 10.8 Å². The number of nitrogens with two attached hydrogens (primary N) is 1. The molecule has 3 N–H and O–H groups in total. The summed E-state index contributed by atoms with van der Waals surface area (Å²) in [6.07, 6.45) is 0. The number of anilines is 2. The smallest absolute Gasteiger partial charge is 0.274 e. The number of rotatable bonds is 2. The van der Waals surface area contributed by atoms with E-state index in [-0.39, 0.29) is 22.3 Å². The summed E-state index contributed by atoms with van der Waals surface area (Å²) in [5.41, 5.74) is 5.93. The standard InChI is InChI=1S/C14H9N5O2S/c15-7-9-10(16)6-11(20)19-13(9)22-14(18-19)17-12(21)8-4-2-1-3-5-8/h1-6H,16H2,(H,17,18,21). The molecule has 0 saturated heterocycles. The number of carbonyl (C=O) groups is 1. The number of nitrogens with one attached hydrogen (secondary N) is 1. The molecule has 2 heterocycles. The van der Waals surface area contributed by atoms with Crippen molar-refractivity contribution in [2.75, 3.05) is 11.1 Å². The quantitative estimate of drug-likeness (QED) is 0.744. The average Bonchev–Trinajstić information content (AvgIpc) is 2.92. The van der Waals surface area contributed by atoms with Crippen LogP contribution in [0, 0.1) is 11.3 Å². The van der Waals surface area contributed by atoms with E-state index in [0.29, 0.717) is 10.4 Å². The molecule has 3 rings (SSSR count). The van der Waals surface area contributed by atoms with Gasteiger partial charge in [0.25, 0.3) is 11.5 Å². The summed E-state index contributed by atoms with van der Waals surface area (Å²) in [4.78, 5) is 24.2. The lowest BCUT2D eigenvalue weighted by molar-refractivity contribution is 0.102. The first-order valence-electron chi connectivity index (χ1n) is 6.19. The number of pyridine rings is 1. The monoisotopic (exact) mass is 311 g/mol. The Labute approximate surface area is 128 Å². The van der Waals surface area contributed by atoms with E-state index in [1.807, 2.05) is 6.07 Å². The lowest BCUT2D eigenvalue weighted by Crippen LogP contribution is -2.16. The second-order valence-corrected chi connectivity index (χ2v) is 5.35. The second-order valence-electron chi connectivity index (χ2n) is 4.37. The van der Waals surface area contributed by atoms with E-state index in [0.717, 1.165) is 21.9 Å². The van der Waals surface area contributed by atoms with E-state index < -0.39 is 5.56 Å². The number of nitriles is 1. The minimum Gasteiger partial charge on any atom is -0.397 e. The van der Waals surface area contributed by atoms with E-state index in [1.165, 1.54) is 0 Å². The average molecular weight is 311 g/mol. The molecule has 0 saturated carbocycles. The Kier molecular flexibility index (Phi) is 3.33. The van der Waals surface area contributed by atoms with Gasteiger partial charge in [0, 0.05) is 11.6 Å². The van der Waals surface area contributed by atoms with Gasteiger partial charge in [0.2, 0.25) is 5.13 Å². The number of carbonyl (C=O) groups excluding carboxylic acids is 1. The van der Waals surface area contributed by atoms with Crippen LogP contribution >= 0.6 is 11.3 Å². The highest BCUT2D eigenvalue weighted by atomic mass is 32.1. The zero-order valence-corrected chi connectivity index (χ0v) is 11.9. The maximum Gasteiger partial charge on any atom is 0.274 e. The Morgan fingerprint density at radius 2 is 2.09 bits per heavy atom. The number of benzene rings is 1. The second kappa shape index (κ2) is 5.31. The molecule has 1 aromatic carbocycles. The lowest BCUT2D eigenvalue weighted by Gasteiger charge is -1.99. The predicted octanol–water partition coefficient (Wildman–Crippen LogP) is 1.46. The van der Waals surface area contributed by atoms with Crippen molar-refractivity contribution in [3.8, 4) is 6.07 Å². The van der Waals surface area contributed by atoms with Gasteiger partial charge in [-0.3, -0.25) is 14.9 Å². The van der Waals surface area contributed by atoms with Gasteiger partial charge in [0.15, 0.2) is 0 Å². The van der Waals surface area contributed by atoms with Gasteiger partial charge in [-0.25, -0.2) is 0 Å². The minimum atomic E-state index is -0.456. The maximum atomic E-state index is 12.1. The van der Waals surface area contributed by atoms with Crippen LogP contribution in [0.3, 0.4) is 0 Å².